The molecule has 1 aliphatic rings. The molecule has 1 N–H and O–H groups in total. The Bertz CT molecular complexity index is 663. The van der Waals surface area contributed by atoms with Gasteiger partial charge in [0.05, 0.1) is 0 Å². The van der Waals surface area contributed by atoms with E-state index >= 15 is 0 Å². The minimum absolute atomic E-state index is 0.0691. The van der Waals surface area contributed by atoms with Crippen LogP contribution in [0.1, 0.15) is 11.1 Å². The van der Waals surface area contributed by atoms with Crippen molar-refractivity contribution in [1.82, 2.24) is 5.32 Å². The molecule has 0 radical (unpaired) electrons. The van der Waals surface area contributed by atoms with E-state index in [1.165, 1.54) is 11.6 Å². The van der Waals surface area contributed by atoms with E-state index in [-0.39, 0.29) is 6.10 Å². The summed E-state index contributed by atoms with van der Waals surface area (Å²) in [4.78, 5) is 0. The molecule has 0 aromatic heterocycles. The lowest BCUT2D eigenvalue weighted by Crippen LogP contribution is -2.29. The Labute approximate surface area is 130 Å². The summed E-state index contributed by atoms with van der Waals surface area (Å²) in [6, 6.07) is 9.90. The van der Waals surface area contributed by atoms with Crippen molar-refractivity contribution in [2.24, 2.45) is 0 Å². The van der Waals surface area contributed by atoms with Crippen molar-refractivity contribution >= 4 is 15.9 Å². The van der Waals surface area contributed by atoms with Crippen LogP contribution in [0, 0.1) is 11.6 Å². The average Bonchev–Trinajstić information content (AvgIpc) is 2.84. The van der Waals surface area contributed by atoms with Gasteiger partial charge in [0.25, 0.3) is 0 Å². The highest BCUT2D eigenvalue weighted by atomic mass is 79.9. The van der Waals surface area contributed by atoms with E-state index in [4.69, 9.17) is 4.74 Å². The number of halogens is 3. The molecule has 0 bridgehead atoms. The summed E-state index contributed by atoms with van der Waals surface area (Å²) < 4.78 is 32.8. The number of hydrogen-bond acceptors (Lipinski definition) is 2. The predicted molar refractivity (Wildman–Crippen MR) is 80.3 cm³/mol. The molecule has 1 heterocycles. The summed E-state index contributed by atoms with van der Waals surface area (Å²) in [5, 5.41) is 3.21. The Morgan fingerprint density at radius 3 is 2.81 bits per heavy atom. The van der Waals surface area contributed by atoms with E-state index in [9.17, 15) is 8.78 Å². The van der Waals surface area contributed by atoms with Crippen LogP contribution in [0.4, 0.5) is 8.78 Å². The first-order chi connectivity index (χ1) is 10.1. The van der Waals surface area contributed by atoms with E-state index in [1.54, 1.807) is 6.07 Å². The molecule has 0 saturated heterocycles. The molecular weight excluding hydrogens is 340 g/mol. The lowest BCUT2D eigenvalue weighted by atomic mass is 10.1. The lowest BCUT2D eigenvalue weighted by Gasteiger charge is -2.12. The van der Waals surface area contributed by atoms with Crippen LogP contribution in [0.5, 0.6) is 5.75 Å². The van der Waals surface area contributed by atoms with Crippen molar-refractivity contribution in [2.45, 2.75) is 19.1 Å². The van der Waals surface area contributed by atoms with Crippen molar-refractivity contribution in [1.29, 1.82) is 0 Å². The Hall–Kier alpha value is -1.46. The second-order valence-corrected chi connectivity index (χ2v) is 5.99. The first-order valence-corrected chi connectivity index (χ1v) is 7.51. The van der Waals surface area contributed by atoms with Crippen LogP contribution in [0.15, 0.2) is 40.9 Å². The normalized spacial score (nSPS) is 16.6. The molecular formula is C16H14BrF2NO. The first kappa shape index (κ1) is 14.5. The molecule has 2 aromatic carbocycles. The van der Waals surface area contributed by atoms with Gasteiger partial charge in [-0.05, 0) is 41.5 Å². The molecule has 0 fully saturated rings. The van der Waals surface area contributed by atoms with Crippen LogP contribution in [-0.4, -0.2) is 12.6 Å². The number of benzene rings is 2. The smallest absolute Gasteiger partial charge is 0.159 e. The van der Waals surface area contributed by atoms with Gasteiger partial charge in [0.15, 0.2) is 11.6 Å². The number of rotatable bonds is 4. The number of ether oxygens (including phenoxy) is 1. The second kappa shape index (κ2) is 6.12. The molecule has 110 valence electrons. The van der Waals surface area contributed by atoms with Crippen molar-refractivity contribution in [3.05, 3.63) is 63.6 Å². The molecule has 2 aromatic rings. The maximum absolute atomic E-state index is 13.1. The number of hydrogen-bond donors (Lipinski definition) is 1. The minimum Gasteiger partial charge on any atom is -0.488 e. The van der Waals surface area contributed by atoms with E-state index in [2.05, 4.69) is 27.3 Å². The SMILES string of the molecule is Fc1ccc(CNCC2Cc3cc(Br)ccc3O2)cc1F. The van der Waals surface area contributed by atoms with Crippen LogP contribution in [0.2, 0.25) is 0 Å². The maximum atomic E-state index is 13.1. The topological polar surface area (TPSA) is 21.3 Å². The van der Waals surface area contributed by atoms with E-state index < -0.39 is 11.6 Å². The maximum Gasteiger partial charge on any atom is 0.159 e. The van der Waals surface area contributed by atoms with Crippen LogP contribution >= 0.6 is 15.9 Å². The van der Waals surface area contributed by atoms with Gasteiger partial charge in [-0.2, -0.15) is 0 Å². The zero-order valence-corrected chi connectivity index (χ0v) is 12.8. The fraction of sp³-hybridized carbons (Fsp3) is 0.250. The molecule has 3 rings (SSSR count). The summed E-state index contributed by atoms with van der Waals surface area (Å²) in [5.41, 5.74) is 1.90. The first-order valence-electron chi connectivity index (χ1n) is 6.71. The third-order valence-electron chi connectivity index (χ3n) is 3.45. The summed E-state index contributed by atoms with van der Waals surface area (Å²) in [7, 11) is 0. The molecule has 2 nitrogen and oxygen atoms in total. The largest absolute Gasteiger partial charge is 0.488 e. The van der Waals surface area contributed by atoms with E-state index in [1.807, 2.05) is 12.1 Å². The number of fused-ring (bicyclic) bond motifs is 1. The molecule has 1 aliphatic heterocycles. The molecule has 1 unspecified atom stereocenters. The molecule has 0 amide bonds. The van der Waals surface area contributed by atoms with Crippen molar-refractivity contribution in [3.63, 3.8) is 0 Å². The highest BCUT2D eigenvalue weighted by molar-refractivity contribution is 9.10. The minimum atomic E-state index is -0.820. The predicted octanol–water partition coefficient (Wildman–Crippen LogP) is 3.82. The van der Waals surface area contributed by atoms with E-state index in [0.29, 0.717) is 18.7 Å². The van der Waals surface area contributed by atoms with Gasteiger partial charge >= 0.3 is 0 Å². The zero-order chi connectivity index (χ0) is 14.8. The Kier molecular flexibility index (Phi) is 4.22. The zero-order valence-electron chi connectivity index (χ0n) is 11.2. The quantitative estimate of drug-likeness (QED) is 0.901. The van der Waals surface area contributed by atoms with Crippen LogP contribution in [0.25, 0.3) is 0 Å². The molecule has 5 heteroatoms. The van der Waals surface area contributed by atoms with Gasteiger partial charge in [-0.15, -0.1) is 0 Å². The highest BCUT2D eigenvalue weighted by Gasteiger charge is 2.22. The van der Waals surface area contributed by atoms with Crippen molar-refractivity contribution in [3.8, 4) is 5.75 Å². The monoisotopic (exact) mass is 353 g/mol. The van der Waals surface area contributed by atoms with Gasteiger partial charge in [-0.1, -0.05) is 22.0 Å². The van der Waals surface area contributed by atoms with Crippen molar-refractivity contribution in [2.75, 3.05) is 6.54 Å². The standard InChI is InChI=1S/C16H14BrF2NO/c17-12-2-4-16-11(6-12)7-13(21-16)9-20-8-10-1-3-14(18)15(19)5-10/h1-6,13,20H,7-9H2. The fourth-order valence-corrected chi connectivity index (χ4v) is 2.84. The average molecular weight is 354 g/mol. The van der Waals surface area contributed by atoms with Gasteiger partial charge in [-0.25, -0.2) is 8.78 Å². The highest BCUT2D eigenvalue weighted by Crippen LogP contribution is 2.30. The summed E-state index contributed by atoms with van der Waals surface area (Å²) in [6.45, 7) is 1.14. The van der Waals surface area contributed by atoms with Crippen LogP contribution in [0.3, 0.4) is 0 Å². The molecule has 0 spiro atoms. The van der Waals surface area contributed by atoms with Crippen LogP contribution < -0.4 is 10.1 Å². The van der Waals surface area contributed by atoms with Gasteiger partial charge in [0.2, 0.25) is 0 Å². The van der Waals surface area contributed by atoms with Gasteiger partial charge in [-0.3, -0.25) is 0 Å². The summed E-state index contributed by atoms with van der Waals surface area (Å²) in [6.07, 6.45) is 0.916. The molecule has 0 aliphatic carbocycles. The Morgan fingerprint density at radius 2 is 2.00 bits per heavy atom. The summed E-state index contributed by atoms with van der Waals surface area (Å²) in [5.74, 6) is -0.722. The molecule has 0 saturated carbocycles. The lowest BCUT2D eigenvalue weighted by molar-refractivity contribution is 0.227. The Morgan fingerprint density at radius 1 is 1.14 bits per heavy atom. The van der Waals surface area contributed by atoms with Gasteiger partial charge in [0.1, 0.15) is 11.9 Å². The number of nitrogens with one attached hydrogen (secondary N) is 1. The van der Waals surface area contributed by atoms with E-state index in [0.717, 1.165) is 22.7 Å². The van der Waals surface area contributed by atoms with Gasteiger partial charge in [0, 0.05) is 24.0 Å². The van der Waals surface area contributed by atoms with Crippen LogP contribution in [-0.2, 0) is 13.0 Å². The molecule has 21 heavy (non-hydrogen) atoms. The van der Waals surface area contributed by atoms with Gasteiger partial charge < -0.3 is 10.1 Å². The van der Waals surface area contributed by atoms with Crippen molar-refractivity contribution < 1.29 is 13.5 Å². The summed E-state index contributed by atoms with van der Waals surface area (Å²) >= 11 is 3.44. The molecule has 1 atom stereocenters. The third kappa shape index (κ3) is 3.41. The third-order valence-corrected chi connectivity index (χ3v) is 3.94. The Balaban J connectivity index is 1.52. The fourth-order valence-electron chi connectivity index (χ4n) is 2.43. The second-order valence-electron chi connectivity index (χ2n) is 5.08.